The first-order chi connectivity index (χ1) is 16.1. The summed E-state index contributed by atoms with van der Waals surface area (Å²) in [6.07, 6.45) is 0.337. The second-order valence-corrected chi connectivity index (χ2v) is 10.6. The van der Waals surface area contributed by atoms with Crippen molar-refractivity contribution in [3.63, 3.8) is 0 Å². The molecule has 0 aromatic carbocycles. The number of amides is 4. The fourth-order valence-corrected chi connectivity index (χ4v) is 3.98. The van der Waals surface area contributed by atoms with Gasteiger partial charge < -0.3 is 26.0 Å². The number of nitrogens with one attached hydrogen (secondary N) is 3. The smallest absolute Gasteiger partial charge is 0.405 e. The van der Waals surface area contributed by atoms with Gasteiger partial charge in [-0.2, -0.15) is 0 Å². The van der Waals surface area contributed by atoms with Crippen molar-refractivity contribution in [3.05, 3.63) is 0 Å². The largest absolute Gasteiger partial charge is 0.465 e. The number of carboxylic acid groups (broad SMARTS) is 1. The number of ketones is 1. The van der Waals surface area contributed by atoms with E-state index in [2.05, 4.69) is 16.0 Å². The Morgan fingerprint density at radius 1 is 1.00 bits per heavy atom. The number of likely N-dealkylation sites (tertiary alicyclic amines) is 1. The van der Waals surface area contributed by atoms with Gasteiger partial charge in [0.05, 0.1) is 6.04 Å². The van der Waals surface area contributed by atoms with E-state index in [4.69, 9.17) is 0 Å². The quantitative estimate of drug-likeness (QED) is 0.335. The molecule has 0 spiro atoms. The van der Waals surface area contributed by atoms with Crippen LogP contribution in [0.5, 0.6) is 0 Å². The van der Waals surface area contributed by atoms with Gasteiger partial charge in [-0.1, -0.05) is 20.8 Å². The molecule has 1 saturated heterocycles. The molecule has 2 unspecified atom stereocenters. The van der Waals surface area contributed by atoms with Crippen LogP contribution in [0, 0.1) is 5.41 Å². The zero-order chi connectivity index (χ0) is 26.6. The highest BCUT2D eigenvalue weighted by Gasteiger charge is 2.42. The van der Waals surface area contributed by atoms with Crippen LogP contribution in [0.2, 0.25) is 0 Å². The molecule has 1 heterocycles. The minimum Gasteiger partial charge on any atom is -0.465 e. The number of hydrogen-bond acceptors (Lipinski definition) is 5. The summed E-state index contributed by atoms with van der Waals surface area (Å²) in [5.41, 5.74) is -0.792. The zero-order valence-corrected chi connectivity index (χ0v) is 20.7. The molecular formula is C23H36F2N4O6. The minimum absolute atomic E-state index is 0.127. The molecule has 0 aromatic heterocycles. The Kier molecular flexibility index (Phi) is 9.18. The summed E-state index contributed by atoms with van der Waals surface area (Å²) < 4.78 is 27.0. The number of nitrogens with zero attached hydrogens (tertiary/aromatic N) is 1. The molecule has 0 aromatic rings. The van der Waals surface area contributed by atoms with E-state index in [1.807, 2.05) is 0 Å². The van der Waals surface area contributed by atoms with Gasteiger partial charge in [0, 0.05) is 19.0 Å². The summed E-state index contributed by atoms with van der Waals surface area (Å²) in [6, 6.07) is -3.76. The van der Waals surface area contributed by atoms with Crippen LogP contribution >= 0.6 is 0 Å². The SMILES string of the molecule is CC(F)(F)CCC(NC(=O)C1CCCCN1C(=O)[C@@H](NC(=O)O)C(C)(C)C)C(=O)C(=O)NC1CC1. The average molecular weight is 503 g/mol. The number of Topliss-reactive ketones (excluding diaryl/α,β-unsaturated/α-hetero) is 1. The third-order valence-electron chi connectivity index (χ3n) is 6.11. The van der Waals surface area contributed by atoms with E-state index in [1.54, 1.807) is 20.8 Å². The standard InChI is InChI=1S/C23H36F2N4O6/c1-22(2,3)17(28-21(34)35)20(33)29-12-6-5-7-15(29)18(31)27-14(10-11-23(4,24)25)16(30)19(32)26-13-8-9-13/h13-15,17,28H,5-12H2,1-4H3,(H,26,32)(H,27,31)(H,34,35)/t14?,15?,17-/m1/s1. The molecule has 3 atom stereocenters. The maximum Gasteiger partial charge on any atom is 0.405 e. The molecule has 0 bridgehead atoms. The fraction of sp³-hybridized carbons (Fsp3) is 0.783. The average Bonchev–Trinajstić information content (AvgIpc) is 3.56. The van der Waals surface area contributed by atoms with Crippen LogP contribution in [0.1, 0.15) is 72.6 Å². The second-order valence-electron chi connectivity index (χ2n) is 10.6. The van der Waals surface area contributed by atoms with Gasteiger partial charge in [-0.15, -0.1) is 0 Å². The van der Waals surface area contributed by atoms with Gasteiger partial charge in [0.15, 0.2) is 0 Å². The lowest BCUT2D eigenvalue weighted by molar-refractivity contribution is -0.147. The molecule has 1 aliphatic carbocycles. The van der Waals surface area contributed by atoms with Gasteiger partial charge in [-0.3, -0.25) is 19.2 Å². The Balaban J connectivity index is 2.21. The van der Waals surface area contributed by atoms with Crippen molar-refractivity contribution in [2.75, 3.05) is 6.54 Å². The number of hydrogen-bond donors (Lipinski definition) is 4. The predicted octanol–water partition coefficient (Wildman–Crippen LogP) is 1.82. The minimum atomic E-state index is -3.11. The van der Waals surface area contributed by atoms with Crippen molar-refractivity contribution in [1.29, 1.82) is 0 Å². The Bertz CT molecular complexity index is 835. The van der Waals surface area contributed by atoms with Gasteiger partial charge in [0.2, 0.25) is 23.5 Å². The third-order valence-corrected chi connectivity index (χ3v) is 6.11. The molecule has 4 N–H and O–H groups in total. The van der Waals surface area contributed by atoms with E-state index in [0.717, 1.165) is 12.8 Å². The van der Waals surface area contributed by atoms with E-state index in [-0.39, 0.29) is 19.0 Å². The summed E-state index contributed by atoms with van der Waals surface area (Å²) in [5.74, 6) is -6.38. The summed E-state index contributed by atoms with van der Waals surface area (Å²) in [6.45, 7) is 5.93. The molecule has 0 radical (unpaired) electrons. The second kappa shape index (κ2) is 11.3. The molecule has 1 saturated carbocycles. The molecule has 2 fully saturated rings. The molecule has 2 aliphatic rings. The van der Waals surface area contributed by atoms with Crippen molar-refractivity contribution in [2.45, 2.75) is 103 Å². The highest BCUT2D eigenvalue weighted by Crippen LogP contribution is 2.26. The molecule has 12 heteroatoms. The number of carbonyl (C=O) groups is 5. The monoisotopic (exact) mass is 502 g/mol. The van der Waals surface area contributed by atoms with Crippen molar-refractivity contribution >= 4 is 29.6 Å². The topological polar surface area (TPSA) is 145 Å². The van der Waals surface area contributed by atoms with Crippen LogP contribution in [0.25, 0.3) is 0 Å². The summed E-state index contributed by atoms with van der Waals surface area (Å²) in [7, 11) is 0. The van der Waals surface area contributed by atoms with Crippen LogP contribution in [0.4, 0.5) is 13.6 Å². The number of alkyl halides is 2. The van der Waals surface area contributed by atoms with E-state index in [1.165, 1.54) is 4.90 Å². The highest BCUT2D eigenvalue weighted by molar-refractivity contribution is 6.38. The van der Waals surface area contributed by atoms with Crippen molar-refractivity contribution in [2.24, 2.45) is 5.41 Å². The van der Waals surface area contributed by atoms with Crippen molar-refractivity contribution < 1.29 is 37.9 Å². The van der Waals surface area contributed by atoms with Crippen molar-refractivity contribution in [3.8, 4) is 0 Å². The first-order valence-corrected chi connectivity index (χ1v) is 11.9. The molecule has 10 nitrogen and oxygen atoms in total. The molecular weight excluding hydrogens is 466 g/mol. The van der Waals surface area contributed by atoms with Gasteiger partial charge in [0.1, 0.15) is 12.1 Å². The third kappa shape index (κ3) is 8.74. The first-order valence-electron chi connectivity index (χ1n) is 11.9. The summed E-state index contributed by atoms with van der Waals surface area (Å²) in [4.78, 5) is 64.0. The van der Waals surface area contributed by atoms with Crippen LogP contribution < -0.4 is 16.0 Å². The van der Waals surface area contributed by atoms with Crippen LogP contribution in [-0.2, 0) is 19.2 Å². The number of halogens is 2. The lowest BCUT2D eigenvalue weighted by atomic mass is 9.85. The maximum atomic E-state index is 13.5. The number of piperidine rings is 1. The molecule has 4 amide bonds. The fourth-order valence-electron chi connectivity index (χ4n) is 3.98. The summed E-state index contributed by atoms with van der Waals surface area (Å²) >= 11 is 0. The Labute approximate surface area is 203 Å². The van der Waals surface area contributed by atoms with Gasteiger partial charge >= 0.3 is 6.09 Å². The molecule has 198 valence electrons. The number of rotatable bonds is 10. The molecule has 1 aliphatic heterocycles. The molecule has 35 heavy (non-hydrogen) atoms. The highest BCUT2D eigenvalue weighted by atomic mass is 19.3. The Morgan fingerprint density at radius 2 is 1.63 bits per heavy atom. The first kappa shape index (κ1) is 28.4. The Hall–Kier alpha value is -2.79. The van der Waals surface area contributed by atoms with Crippen LogP contribution in [0.3, 0.4) is 0 Å². The van der Waals surface area contributed by atoms with Crippen LogP contribution in [-0.4, -0.2) is 76.2 Å². The van der Waals surface area contributed by atoms with Gasteiger partial charge in [-0.25, -0.2) is 13.6 Å². The normalized spacial score (nSPS) is 20.4. The van der Waals surface area contributed by atoms with Crippen molar-refractivity contribution in [1.82, 2.24) is 20.9 Å². The zero-order valence-electron chi connectivity index (χ0n) is 20.7. The van der Waals surface area contributed by atoms with Gasteiger partial charge in [0.25, 0.3) is 5.91 Å². The van der Waals surface area contributed by atoms with E-state index in [0.29, 0.717) is 19.8 Å². The maximum absolute atomic E-state index is 13.5. The lowest BCUT2D eigenvalue weighted by Crippen LogP contribution is -2.61. The van der Waals surface area contributed by atoms with Crippen LogP contribution in [0.15, 0.2) is 0 Å². The van der Waals surface area contributed by atoms with Gasteiger partial charge in [-0.05, 0) is 50.9 Å². The number of carbonyl (C=O) groups excluding carboxylic acids is 4. The molecule has 2 rings (SSSR count). The van der Waals surface area contributed by atoms with E-state index in [9.17, 15) is 37.9 Å². The van der Waals surface area contributed by atoms with E-state index < -0.39 is 71.9 Å². The van der Waals surface area contributed by atoms with E-state index >= 15 is 0 Å². The predicted molar refractivity (Wildman–Crippen MR) is 122 cm³/mol. The Morgan fingerprint density at radius 3 is 2.14 bits per heavy atom. The lowest BCUT2D eigenvalue weighted by Gasteiger charge is -2.40. The summed E-state index contributed by atoms with van der Waals surface area (Å²) in [5, 5.41) is 16.3.